The summed E-state index contributed by atoms with van der Waals surface area (Å²) >= 11 is 5.11. The Kier molecular flexibility index (Phi) is 6.16. The predicted molar refractivity (Wildman–Crippen MR) is 121 cm³/mol. The Hall–Kier alpha value is -4.05. The summed E-state index contributed by atoms with van der Waals surface area (Å²) in [6.07, 6.45) is -3.96. The van der Waals surface area contributed by atoms with E-state index in [1.54, 1.807) is 36.4 Å². The van der Waals surface area contributed by atoms with E-state index in [9.17, 15) is 27.2 Å². The van der Waals surface area contributed by atoms with Crippen molar-refractivity contribution in [1.29, 1.82) is 0 Å². The number of carbonyl (C=O) groups excluding carboxylic acids is 2. The number of hydrogen-bond acceptors (Lipinski definition) is 4. The molecule has 0 aliphatic carbocycles. The average Bonchev–Trinajstić information content (AvgIpc) is 2.78. The molecule has 10 heteroatoms. The first-order valence-corrected chi connectivity index (χ1v) is 10.2. The van der Waals surface area contributed by atoms with Crippen molar-refractivity contribution >= 4 is 40.9 Å². The third kappa shape index (κ3) is 4.81. The summed E-state index contributed by atoms with van der Waals surface area (Å²) in [5, 5.41) is 2.07. The van der Waals surface area contributed by atoms with E-state index in [1.165, 1.54) is 12.1 Å². The van der Waals surface area contributed by atoms with Crippen LogP contribution >= 0.6 is 12.2 Å². The number of amides is 2. The van der Waals surface area contributed by atoms with Crippen LogP contribution in [0.2, 0.25) is 0 Å². The average molecular weight is 486 g/mol. The molecule has 1 saturated heterocycles. The largest absolute Gasteiger partial charge is 0.457 e. The summed E-state index contributed by atoms with van der Waals surface area (Å²) in [7, 11) is 0. The van der Waals surface area contributed by atoms with Crippen LogP contribution in [-0.2, 0) is 15.8 Å². The van der Waals surface area contributed by atoms with E-state index < -0.39 is 40.5 Å². The van der Waals surface area contributed by atoms with Gasteiger partial charge in [0.2, 0.25) is 0 Å². The lowest BCUT2D eigenvalue weighted by atomic mass is 10.0. The number of nitrogens with one attached hydrogen (secondary N) is 1. The van der Waals surface area contributed by atoms with E-state index in [1.807, 2.05) is 6.07 Å². The summed E-state index contributed by atoms with van der Waals surface area (Å²) in [6, 6.07) is 16.9. The molecule has 4 rings (SSSR count). The maximum Gasteiger partial charge on any atom is 0.416 e. The number of ether oxygens (including phenoxy) is 1. The molecular weight excluding hydrogens is 472 g/mol. The zero-order valence-corrected chi connectivity index (χ0v) is 17.9. The molecule has 1 fully saturated rings. The van der Waals surface area contributed by atoms with Gasteiger partial charge in [-0.1, -0.05) is 18.2 Å². The zero-order valence-electron chi connectivity index (χ0n) is 17.1. The molecule has 34 heavy (non-hydrogen) atoms. The van der Waals surface area contributed by atoms with Gasteiger partial charge in [-0.2, -0.15) is 13.2 Å². The van der Waals surface area contributed by atoms with Crippen LogP contribution in [0, 0.1) is 5.82 Å². The van der Waals surface area contributed by atoms with Gasteiger partial charge in [-0.25, -0.2) is 4.39 Å². The number of rotatable bonds is 4. The number of halogens is 4. The van der Waals surface area contributed by atoms with Crippen LogP contribution in [0.1, 0.15) is 11.1 Å². The summed E-state index contributed by atoms with van der Waals surface area (Å²) in [6.45, 7) is 0. The van der Waals surface area contributed by atoms with Crippen molar-refractivity contribution in [2.75, 3.05) is 4.90 Å². The SMILES string of the molecule is O=C1NC(=S)N(c2ccc(Oc3ccccc3)cc2)C(=O)/C1=C/c1cc(C(F)(F)F)ccc1F. The highest BCUT2D eigenvalue weighted by Gasteiger charge is 2.35. The predicted octanol–water partition coefficient (Wildman–Crippen LogP) is 5.47. The second kappa shape index (κ2) is 9.06. The van der Waals surface area contributed by atoms with Gasteiger partial charge in [0, 0.05) is 5.56 Å². The Morgan fingerprint density at radius 3 is 2.21 bits per heavy atom. The van der Waals surface area contributed by atoms with Gasteiger partial charge < -0.3 is 4.74 Å². The number of benzene rings is 3. The zero-order chi connectivity index (χ0) is 24.5. The van der Waals surface area contributed by atoms with E-state index in [4.69, 9.17) is 17.0 Å². The third-order valence-corrected chi connectivity index (χ3v) is 5.08. The second-order valence-electron chi connectivity index (χ2n) is 7.10. The molecule has 172 valence electrons. The topological polar surface area (TPSA) is 58.6 Å². The molecule has 5 nitrogen and oxygen atoms in total. The van der Waals surface area contributed by atoms with Crippen LogP contribution in [0.25, 0.3) is 6.08 Å². The van der Waals surface area contributed by atoms with E-state index >= 15 is 0 Å². The number of hydrogen-bond donors (Lipinski definition) is 1. The summed E-state index contributed by atoms with van der Waals surface area (Å²) < 4.78 is 58.9. The summed E-state index contributed by atoms with van der Waals surface area (Å²) in [5.74, 6) is -1.82. The lowest BCUT2D eigenvalue weighted by molar-refractivity contribution is -0.137. The molecule has 1 N–H and O–H groups in total. The van der Waals surface area contributed by atoms with Gasteiger partial charge in [-0.05, 0) is 72.9 Å². The van der Waals surface area contributed by atoms with Gasteiger partial charge in [-0.15, -0.1) is 0 Å². The van der Waals surface area contributed by atoms with E-state index in [-0.39, 0.29) is 10.8 Å². The molecule has 1 aliphatic heterocycles. The van der Waals surface area contributed by atoms with Crippen LogP contribution in [-0.4, -0.2) is 16.9 Å². The number of carbonyl (C=O) groups is 2. The van der Waals surface area contributed by atoms with Crippen molar-refractivity contribution in [3.63, 3.8) is 0 Å². The van der Waals surface area contributed by atoms with E-state index in [0.29, 0.717) is 29.7 Å². The van der Waals surface area contributed by atoms with Crippen LogP contribution < -0.4 is 15.0 Å². The van der Waals surface area contributed by atoms with Crippen molar-refractivity contribution in [2.24, 2.45) is 0 Å². The van der Waals surface area contributed by atoms with Crippen molar-refractivity contribution < 1.29 is 31.9 Å². The molecule has 0 saturated carbocycles. The minimum atomic E-state index is -4.73. The first kappa shape index (κ1) is 23.1. The molecule has 0 atom stereocenters. The molecule has 3 aromatic carbocycles. The quantitative estimate of drug-likeness (QED) is 0.230. The number of anilines is 1. The molecule has 2 amide bonds. The minimum absolute atomic E-state index is 0.228. The standard InChI is InChI=1S/C24H14F4N2O3S/c25-20-11-6-15(24(26,27)28)12-14(20)13-19-21(31)29-23(34)30(22(19)32)16-7-9-18(10-8-16)33-17-4-2-1-3-5-17/h1-13H,(H,29,31,34)/b19-13+. The summed E-state index contributed by atoms with van der Waals surface area (Å²) in [4.78, 5) is 26.4. The van der Waals surface area contributed by atoms with E-state index in [0.717, 1.165) is 11.0 Å². The van der Waals surface area contributed by atoms with Crippen LogP contribution in [0.3, 0.4) is 0 Å². The molecule has 0 bridgehead atoms. The van der Waals surface area contributed by atoms with Gasteiger partial charge >= 0.3 is 6.18 Å². The molecule has 3 aromatic rings. The molecule has 1 heterocycles. The maximum absolute atomic E-state index is 14.2. The molecule has 0 spiro atoms. The molecule has 0 aromatic heterocycles. The minimum Gasteiger partial charge on any atom is -0.457 e. The molecule has 0 unspecified atom stereocenters. The Morgan fingerprint density at radius 2 is 1.56 bits per heavy atom. The van der Waals surface area contributed by atoms with Crippen molar-refractivity contribution in [3.8, 4) is 11.5 Å². The van der Waals surface area contributed by atoms with Gasteiger partial charge in [0.1, 0.15) is 22.9 Å². The van der Waals surface area contributed by atoms with Crippen molar-refractivity contribution in [3.05, 3.63) is 95.3 Å². The highest BCUT2D eigenvalue weighted by atomic mass is 32.1. The monoisotopic (exact) mass is 486 g/mol. The molecule has 1 aliphatic rings. The maximum atomic E-state index is 14.2. The fourth-order valence-electron chi connectivity index (χ4n) is 3.17. The van der Waals surface area contributed by atoms with Gasteiger partial charge in [0.25, 0.3) is 11.8 Å². The highest BCUT2D eigenvalue weighted by molar-refractivity contribution is 7.80. The number of alkyl halides is 3. The first-order valence-electron chi connectivity index (χ1n) is 9.74. The van der Waals surface area contributed by atoms with Crippen molar-refractivity contribution in [2.45, 2.75) is 6.18 Å². The Bertz CT molecular complexity index is 1310. The van der Waals surface area contributed by atoms with E-state index in [2.05, 4.69) is 5.32 Å². The fourth-order valence-corrected chi connectivity index (χ4v) is 3.45. The van der Waals surface area contributed by atoms with Gasteiger partial charge in [0.15, 0.2) is 5.11 Å². The van der Waals surface area contributed by atoms with Gasteiger partial charge in [-0.3, -0.25) is 19.8 Å². The van der Waals surface area contributed by atoms with Crippen molar-refractivity contribution in [1.82, 2.24) is 5.32 Å². The second-order valence-corrected chi connectivity index (χ2v) is 7.49. The Morgan fingerprint density at radius 1 is 0.912 bits per heavy atom. The fraction of sp³-hybridized carbons (Fsp3) is 0.0417. The van der Waals surface area contributed by atoms with Crippen LogP contribution in [0.15, 0.2) is 78.4 Å². The smallest absolute Gasteiger partial charge is 0.416 e. The molecular formula is C24H14F4N2O3S. The van der Waals surface area contributed by atoms with Crippen LogP contribution in [0.4, 0.5) is 23.2 Å². The van der Waals surface area contributed by atoms with Crippen LogP contribution in [0.5, 0.6) is 11.5 Å². The normalized spacial score (nSPS) is 15.5. The molecule has 0 radical (unpaired) electrons. The number of nitrogens with zero attached hydrogens (tertiary/aromatic N) is 1. The first-order chi connectivity index (χ1) is 16.1. The lowest BCUT2D eigenvalue weighted by Gasteiger charge is -2.29. The Balaban J connectivity index is 1.64. The highest BCUT2D eigenvalue weighted by Crippen LogP contribution is 2.32. The summed E-state index contributed by atoms with van der Waals surface area (Å²) in [5.41, 5.74) is -1.99. The lowest BCUT2D eigenvalue weighted by Crippen LogP contribution is -2.54. The number of para-hydroxylation sites is 1. The number of thiocarbonyl (C=S) groups is 1. The van der Waals surface area contributed by atoms with Gasteiger partial charge in [0.05, 0.1) is 11.3 Å². The third-order valence-electron chi connectivity index (χ3n) is 4.80. The Labute approximate surface area is 196 Å².